The maximum Gasteiger partial charge on any atom is 0.262 e. The third-order valence-corrected chi connectivity index (χ3v) is 5.50. The van der Waals surface area contributed by atoms with Gasteiger partial charge in [0.05, 0.1) is 10.9 Å². The van der Waals surface area contributed by atoms with Crippen LogP contribution in [0.1, 0.15) is 18.9 Å². The zero-order chi connectivity index (χ0) is 19.0. The highest BCUT2D eigenvalue weighted by atomic mass is 35.5. The van der Waals surface area contributed by atoms with Crippen LogP contribution < -0.4 is 5.56 Å². The summed E-state index contributed by atoms with van der Waals surface area (Å²) in [7, 11) is 0. The highest BCUT2D eigenvalue weighted by molar-refractivity contribution is 7.98. The van der Waals surface area contributed by atoms with Gasteiger partial charge in [0.2, 0.25) is 5.78 Å². The first-order valence-electron chi connectivity index (χ1n) is 8.40. The van der Waals surface area contributed by atoms with E-state index in [-0.39, 0.29) is 5.56 Å². The molecule has 0 aliphatic rings. The van der Waals surface area contributed by atoms with Gasteiger partial charge in [-0.05, 0) is 36.2 Å². The lowest BCUT2D eigenvalue weighted by Gasteiger charge is -2.10. The molecule has 9 heteroatoms. The van der Waals surface area contributed by atoms with Crippen LogP contribution in [-0.4, -0.2) is 24.1 Å². The number of halogens is 2. The van der Waals surface area contributed by atoms with E-state index >= 15 is 0 Å². The maximum absolute atomic E-state index is 12.8. The molecule has 4 aromatic rings. The van der Waals surface area contributed by atoms with Gasteiger partial charge in [-0.15, -0.1) is 10.2 Å². The minimum Gasteiger partial charge on any atom is -0.276 e. The van der Waals surface area contributed by atoms with E-state index in [1.54, 1.807) is 16.7 Å². The van der Waals surface area contributed by atoms with E-state index in [4.69, 9.17) is 23.2 Å². The molecule has 0 saturated carbocycles. The van der Waals surface area contributed by atoms with Crippen molar-refractivity contribution >= 4 is 51.6 Å². The fourth-order valence-corrected chi connectivity index (χ4v) is 4.37. The maximum atomic E-state index is 12.8. The van der Waals surface area contributed by atoms with Crippen molar-refractivity contribution in [3.63, 3.8) is 0 Å². The van der Waals surface area contributed by atoms with Crippen LogP contribution in [0.15, 0.2) is 46.3 Å². The molecule has 0 fully saturated rings. The van der Waals surface area contributed by atoms with Gasteiger partial charge in [0, 0.05) is 12.3 Å². The zero-order valence-electron chi connectivity index (χ0n) is 14.4. The third kappa shape index (κ3) is 3.42. The average Bonchev–Trinajstić information content (AvgIpc) is 3.07. The first kappa shape index (κ1) is 18.3. The number of hydrogen-bond acceptors (Lipinski definition) is 5. The van der Waals surface area contributed by atoms with E-state index in [1.165, 1.54) is 11.8 Å². The van der Waals surface area contributed by atoms with E-state index in [0.29, 0.717) is 38.9 Å². The summed E-state index contributed by atoms with van der Waals surface area (Å²) in [6, 6.07) is 11.1. The fraction of sp³-hybridized carbons (Fsp3) is 0.222. The molecule has 3 aromatic heterocycles. The number of rotatable bonds is 5. The van der Waals surface area contributed by atoms with Gasteiger partial charge in [-0.3, -0.25) is 13.8 Å². The van der Waals surface area contributed by atoms with Crippen LogP contribution in [-0.2, 0) is 12.3 Å². The standard InChI is InChI=1S/C18H15Cl2N5OS/c1-2-7-24-16(26)12-5-3-4-6-13(12)25-17(24)22-23-18(25)27-10-11-8-14(19)21-15(20)9-11/h3-6,8-9H,2,7,10H2,1H3. The molecule has 4 rings (SSSR count). The number of hydrogen-bond donors (Lipinski definition) is 0. The molecule has 27 heavy (non-hydrogen) atoms. The molecule has 0 atom stereocenters. The summed E-state index contributed by atoms with van der Waals surface area (Å²) in [6.07, 6.45) is 0.831. The van der Waals surface area contributed by atoms with Gasteiger partial charge >= 0.3 is 0 Å². The number of fused-ring (bicyclic) bond motifs is 3. The number of thioether (sulfide) groups is 1. The van der Waals surface area contributed by atoms with Gasteiger partial charge in [0.1, 0.15) is 10.3 Å². The molecule has 6 nitrogen and oxygen atoms in total. The van der Waals surface area contributed by atoms with E-state index < -0.39 is 0 Å². The van der Waals surface area contributed by atoms with Crippen molar-refractivity contribution in [2.45, 2.75) is 30.8 Å². The Kier molecular flexibility index (Phi) is 5.08. The molecule has 0 aliphatic heterocycles. The quantitative estimate of drug-likeness (QED) is 0.353. The van der Waals surface area contributed by atoms with Crippen molar-refractivity contribution in [2.24, 2.45) is 0 Å². The van der Waals surface area contributed by atoms with Crippen molar-refractivity contribution in [1.29, 1.82) is 0 Å². The molecule has 0 amide bonds. The molecular formula is C18H15Cl2N5OS. The molecule has 0 spiro atoms. The van der Waals surface area contributed by atoms with Crippen LogP contribution in [0.3, 0.4) is 0 Å². The summed E-state index contributed by atoms with van der Waals surface area (Å²) in [5.41, 5.74) is 1.69. The lowest BCUT2D eigenvalue weighted by atomic mass is 10.2. The molecule has 0 aliphatic carbocycles. The Morgan fingerprint density at radius 3 is 2.59 bits per heavy atom. The zero-order valence-corrected chi connectivity index (χ0v) is 16.7. The molecule has 3 heterocycles. The Hall–Kier alpha value is -2.09. The normalized spacial score (nSPS) is 11.5. The van der Waals surface area contributed by atoms with Gasteiger partial charge in [0.15, 0.2) is 5.16 Å². The molecule has 1 aromatic carbocycles. The Labute approximate surface area is 169 Å². The summed E-state index contributed by atoms with van der Waals surface area (Å²) in [4.78, 5) is 16.8. The van der Waals surface area contributed by atoms with Crippen LogP contribution in [0.25, 0.3) is 16.7 Å². The fourth-order valence-electron chi connectivity index (χ4n) is 3.00. The number of nitrogens with zero attached hydrogens (tertiary/aromatic N) is 5. The van der Waals surface area contributed by atoms with E-state index in [0.717, 1.165) is 17.5 Å². The SMILES string of the molecule is CCCn1c(=O)c2ccccc2n2c(SCc3cc(Cl)nc(Cl)c3)nnc12. The second kappa shape index (κ2) is 7.50. The highest BCUT2D eigenvalue weighted by Gasteiger charge is 2.16. The predicted molar refractivity (Wildman–Crippen MR) is 109 cm³/mol. The summed E-state index contributed by atoms with van der Waals surface area (Å²) in [5.74, 6) is 1.15. The Bertz CT molecular complexity index is 1180. The van der Waals surface area contributed by atoms with Crippen LogP contribution in [0.4, 0.5) is 0 Å². The van der Waals surface area contributed by atoms with E-state index in [1.807, 2.05) is 35.6 Å². The Morgan fingerprint density at radius 2 is 1.85 bits per heavy atom. The van der Waals surface area contributed by atoms with Crippen LogP contribution in [0.2, 0.25) is 10.3 Å². The predicted octanol–water partition coefficient (Wildman–Crippen LogP) is 4.45. The number of pyridine rings is 1. The second-order valence-corrected chi connectivity index (χ2v) is 7.72. The lowest BCUT2D eigenvalue weighted by Crippen LogP contribution is -2.23. The van der Waals surface area contributed by atoms with Crippen molar-refractivity contribution in [1.82, 2.24) is 24.1 Å². The molecule has 0 saturated heterocycles. The van der Waals surface area contributed by atoms with Gasteiger partial charge in [-0.25, -0.2) is 4.98 Å². The van der Waals surface area contributed by atoms with Crippen LogP contribution >= 0.6 is 35.0 Å². The summed E-state index contributed by atoms with van der Waals surface area (Å²) < 4.78 is 3.61. The van der Waals surface area contributed by atoms with Crippen molar-refractivity contribution in [2.75, 3.05) is 0 Å². The number of aryl methyl sites for hydroxylation is 1. The van der Waals surface area contributed by atoms with E-state index in [9.17, 15) is 4.79 Å². The summed E-state index contributed by atoms with van der Waals surface area (Å²) in [6.45, 7) is 2.62. The topological polar surface area (TPSA) is 65.1 Å². The first-order chi connectivity index (χ1) is 13.1. The second-order valence-electron chi connectivity index (χ2n) is 6.00. The first-order valence-corrected chi connectivity index (χ1v) is 10.1. The third-order valence-electron chi connectivity index (χ3n) is 4.12. The summed E-state index contributed by atoms with van der Waals surface area (Å²) in [5, 5.41) is 10.7. The van der Waals surface area contributed by atoms with Gasteiger partial charge < -0.3 is 0 Å². The minimum atomic E-state index is -0.0448. The molecule has 0 bridgehead atoms. The van der Waals surface area contributed by atoms with Crippen molar-refractivity contribution in [3.8, 4) is 0 Å². The van der Waals surface area contributed by atoms with Crippen LogP contribution in [0.5, 0.6) is 0 Å². The Balaban J connectivity index is 1.83. The number of para-hydroxylation sites is 1. The molecule has 0 N–H and O–H groups in total. The largest absolute Gasteiger partial charge is 0.276 e. The lowest BCUT2D eigenvalue weighted by molar-refractivity contribution is 0.662. The number of aromatic nitrogens is 5. The van der Waals surface area contributed by atoms with Gasteiger partial charge in [-0.1, -0.05) is 54.0 Å². The van der Waals surface area contributed by atoms with Crippen molar-refractivity contribution < 1.29 is 0 Å². The van der Waals surface area contributed by atoms with Gasteiger partial charge in [0.25, 0.3) is 5.56 Å². The Morgan fingerprint density at radius 1 is 1.11 bits per heavy atom. The summed E-state index contributed by atoms with van der Waals surface area (Å²) >= 11 is 13.5. The van der Waals surface area contributed by atoms with Crippen molar-refractivity contribution in [3.05, 3.63) is 62.6 Å². The molecule has 0 radical (unpaired) electrons. The van der Waals surface area contributed by atoms with Crippen LogP contribution in [0, 0.1) is 0 Å². The highest BCUT2D eigenvalue weighted by Crippen LogP contribution is 2.26. The minimum absolute atomic E-state index is 0.0448. The monoisotopic (exact) mass is 419 g/mol. The number of benzene rings is 1. The van der Waals surface area contributed by atoms with E-state index in [2.05, 4.69) is 15.2 Å². The van der Waals surface area contributed by atoms with Gasteiger partial charge in [-0.2, -0.15) is 0 Å². The smallest absolute Gasteiger partial charge is 0.262 e. The molecule has 0 unspecified atom stereocenters. The molecular weight excluding hydrogens is 405 g/mol. The molecule has 138 valence electrons. The average molecular weight is 420 g/mol.